The summed E-state index contributed by atoms with van der Waals surface area (Å²) in [5, 5.41) is 0. The highest BCUT2D eigenvalue weighted by molar-refractivity contribution is 6.22. The molecule has 30 nitrogen and oxygen atoms in total. The number of unbranched alkanes of at least 4 members (excludes halogenated alkanes) is 2. The van der Waals surface area contributed by atoms with Gasteiger partial charge in [-0.05, 0) is 61.4 Å². The molecule has 0 unspecified atom stereocenters. The van der Waals surface area contributed by atoms with Crippen molar-refractivity contribution >= 4 is 77.4 Å². The molecule has 5 aliphatic heterocycles. The van der Waals surface area contributed by atoms with Gasteiger partial charge >= 0.3 is 53.7 Å². The smallest absolute Gasteiger partial charge is 0.338 e. The second-order valence-electron chi connectivity index (χ2n) is 22.7. The number of rotatable bonds is 26. The van der Waals surface area contributed by atoms with E-state index in [1.807, 2.05) is 0 Å². The summed E-state index contributed by atoms with van der Waals surface area (Å²) < 4.78 is 91.9. The molecule has 0 aromatic heterocycles. The lowest BCUT2D eigenvalue weighted by Crippen LogP contribution is -2.70. The van der Waals surface area contributed by atoms with E-state index in [4.69, 9.17) is 71.1 Å². The lowest BCUT2D eigenvalue weighted by atomic mass is 9.93. The highest BCUT2D eigenvalue weighted by Gasteiger charge is 2.62. The van der Waals surface area contributed by atoms with Gasteiger partial charge in [0.05, 0.1) is 47.1 Å². The van der Waals surface area contributed by atoms with Crippen molar-refractivity contribution in [3.8, 4) is 0 Å². The van der Waals surface area contributed by atoms with Gasteiger partial charge in [0.2, 0.25) is 0 Å². The van der Waals surface area contributed by atoms with Gasteiger partial charge in [-0.3, -0.25) is 62.5 Å². The van der Waals surface area contributed by atoms with Crippen LogP contribution in [0, 0.1) is 0 Å². The minimum atomic E-state index is -2.25. The van der Waals surface area contributed by atoms with Crippen LogP contribution < -0.4 is 0 Å². The third-order valence-corrected chi connectivity index (χ3v) is 15.9. The van der Waals surface area contributed by atoms with Crippen LogP contribution in [-0.2, 0) is 105 Å². The normalized spacial score (nSPS) is 26.5. The molecule has 0 saturated carbocycles. The average Bonchev–Trinajstić information content (AvgIpc) is 1.64. The summed E-state index contributed by atoms with van der Waals surface area (Å²) >= 11 is 0. The van der Waals surface area contributed by atoms with Gasteiger partial charge in [0, 0.05) is 54.6 Å². The molecule has 97 heavy (non-hydrogen) atoms. The van der Waals surface area contributed by atoms with Crippen LogP contribution in [0.3, 0.4) is 0 Å². The Bertz CT molecular complexity index is 3550. The Morgan fingerprint density at radius 2 is 0.753 bits per heavy atom. The summed E-state index contributed by atoms with van der Waals surface area (Å²) in [5.41, 5.74) is -0.715. The van der Waals surface area contributed by atoms with Gasteiger partial charge in [0.1, 0.15) is 49.7 Å². The largest absolute Gasteiger partial charge is 0.469 e. The molecule has 5 heterocycles. The van der Waals surface area contributed by atoms with Gasteiger partial charge < -0.3 is 71.1 Å². The van der Waals surface area contributed by atoms with Crippen LogP contribution in [-0.4, -0.2) is 213 Å². The number of fused-ring (bicyclic) bond motifs is 2. The number of amides is 4. The molecule has 0 aliphatic carbocycles. The fraction of sp³-hybridized carbons (Fsp3) is 0.448. The van der Waals surface area contributed by atoms with Crippen molar-refractivity contribution < 1.29 is 133 Å². The van der Waals surface area contributed by atoms with Crippen LogP contribution in [0.15, 0.2) is 109 Å². The molecule has 0 spiro atoms. The number of ether oxygens (including phenoxy) is 15. The first-order valence-corrected chi connectivity index (χ1v) is 30.8. The molecule has 0 radical (unpaired) electrons. The standard InChI is InChI=1S/C67H70N2O28/c1-34(70)85-31-46-52(88-36(3)72)55(90-38(5)74)50(68-59(77)42-25-16-17-26-43(42)60(68)78)65(92-46)87-33-48-54(95-63(81)40-21-11-8-12-22-40)57(58(96-64(82)41-23-13-9-14-24-41)67(94-48)84-30-20-10-15-29-49(76)83-7)97-66-51(69-61(79)44-27-18-19-28-45(44)62(69)80)56(91-39(6)75)53(89-37(4)73)47(93-66)32-86-35(2)71/h8-9,11-14,16-19,21-28,46-48,50-58,65-67H,10,15,20,29-33H2,1-7H3/t46-,47-,48-,50-,51-,52-,53-,54+,55-,56-,57+,58-,65-,66+,67-/m1/s1. The lowest BCUT2D eigenvalue weighted by Gasteiger charge is -2.51. The van der Waals surface area contributed by atoms with Crippen molar-refractivity contribution in [1.29, 1.82) is 0 Å². The van der Waals surface area contributed by atoms with Crippen molar-refractivity contribution in [3.63, 3.8) is 0 Å². The van der Waals surface area contributed by atoms with Crippen molar-refractivity contribution in [2.75, 3.05) is 33.5 Å². The number of nitrogens with zero attached hydrogens (tertiary/aromatic N) is 2. The Labute approximate surface area is 554 Å². The summed E-state index contributed by atoms with van der Waals surface area (Å²) in [4.78, 5) is 180. The molecule has 4 aromatic rings. The van der Waals surface area contributed by atoms with Crippen LogP contribution in [0.25, 0.3) is 0 Å². The fourth-order valence-electron chi connectivity index (χ4n) is 11.8. The van der Waals surface area contributed by atoms with Crippen LogP contribution in [0.2, 0.25) is 0 Å². The summed E-state index contributed by atoms with van der Waals surface area (Å²) in [6, 6.07) is 22.0. The van der Waals surface area contributed by atoms with E-state index in [2.05, 4.69) is 0 Å². The maximum Gasteiger partial charge on any atom is 0.338 e. The molecule has 5 aliphatic rings. The third-order valence-electron chi connectivity index (χ3n) is 15.9. The zero-order valence-electron chi connectivity index (χ0n) is 53.5. The van der Waals surface area contributed by atoms with Gasteiger partial charge in [-0.25, -0.2) is 9.59 Å². The minimum absolute atomic E-state index is 0.0188. The number of benzene rings is 4. The van der Waals surface area contributed by atoms with Crippen molar-refractivity contribution in [2.45, 2.75) is 159 Å². The molecule has 15 atom stereocenters. The highest BCUT2D eigenvalue weighted by atomic mass is 16.8. The van der Waals surface area contributed by atoms with Crippen molar-refractivity contribution in [2.24, 2.45) is 0 Å². The maximum atomic E-state index is 15.0. The van der Waals surface area contributed by atoms with Crippen LogP contribution in [0.1, 0.15) is 129 Å². The van der Waals surface area contributed by atoms with Gasteiger partial charge in [0.15, 0.2) is 55.5 Å². The van der Waals surface area contributed by atoms with E-state index in [0.29, 0.717) is 22.6 Å². The van der Waals surface area contributed by atoms with E-state index in [1.165, 1.54) is 104 Å². The van der Waals surface area contributed by atoms with E-state index >= 15 is 0 Å². The van der Waals surface area contributed by atoms with Crippen LogP contribution >= 0.6 is 0 Å². The van der Waals surface area contributed by atoms with E-state index in [9.17, 15) is 62.3 Å². The molecule has 30 heteroatoms. The average molecular weight is 1350 g/mol. The summed E-state index contributed by atoms with van der Waals surface area (Å²) in [6.45, 7) is 3.25. The highest BCUT2D eigenvalue weighted by Crippen LogP contribution is 2.41. The Morgan fingerprint density at radius 1 is 0.381 bits per heavy atom. The third kappa shape index (κ3) is 16.9. The van der Waals surface area contributed by atoms with Crippen molar-refractivity contribution in [1.82, 2.24) is 9.80 Å². The monoisotopic (exact) mass is 1350 g/mol. The summed E-state index contributed by atoms with van der Waals surface area (Å²) in [6.07, 6.45) is -24.4. The number of carbonyl (C=O) groups excluding carboxylic acids is 13. The predicted octanol–water partition coefficient (Wildman–Crippen LogP) is 3.95. The van der Waals surface area contributed by atoms with Crippen LogP contribution in [0.4, 0.5) is 0 Å². The number of esters is 9. The van der Waals surface area contributed by atoms with E-state index in [0.717, 1.165) is 41.5 Å². The van der Waals surface area contributed by atoms with Gasteiger partial charge in [0.25, 0.3) is 23.6 Å². The molecule has 3 saturated heterocycles. The van der Waals surface area contributed by atoms with Gasteiger partial charge in [-0.1, -0.05) is 67.1 Å². The Balaban J connectivity index is 1.24. The molecule has 4 amide bonds. The van der Waals surface area contributed by atoms with Gasteiger partial charge in [-0.2, -0.15) is 0 Å². The Morgan fingerprint density at radius 3 is 1.18 bits per heavy atom. The van der Waals surface area contributed by atoms with Gasteiger partial charge in [-0.15, -0.1) is 0 Å². The quantitative estimate of drug-likeness (QED) is 0.0372. The number of carbonyl (C=O) groups is 13. The first kappa shape index (κ1) is 71.4. The SMILES string of the molecule is COC(=O)CCCCCO[C@@H]1O[C@H](CO[C@@H]2O[C@H](COC(C)=O)[C@@H](OC(C)=O)[C@H](OC(C)=O)[C@H]2N2C(=O)c3ccccc3C2=O)[C@H](OC(=O)c2ccccc2)[C@H](O[C@@H]2O[C@H](COC(C)=O)[C@@H](OC(C)=O)[C@H](OC(C)=O)[C@H]2N2C(=O)c3ccccc3C2=O)[C@H]1OC(=O)c1ccccc1. The molecular weight excluding hydrogens is 1280 g/mol. The second kappa shape index (κ2) is 32.3. The summed E-state index contributed by atoms with van der Waals surface area (Å²) in [5.74, 6) is -12.5. The van der Waals surface area contributed by atoms with E-state index < -0.39 is 189 Å². The summed E-state index contributed by atoms with van der Waals surface area (Å²) in [7, 11) is 1.23. The molecule has 4 aromatic carbocycles. The van der Waals surface area contributed by atoms with Crippen molar-refractivity contribution in [3.05, 3.63) is 143 Å². The van der Waals surface area contributed by atoms with Crippen LogP contribution in [0.5, 0.6) is 0 Å². The molecule has 0 N–H and O–H groups in total. The predicted molar refractivity (Wildman–Crippen MR) is 321 cm³/mol. The minimum Gasteiger partial charge on any atom is -0.469 e. The second-order valence-corrected chi connectivity index (χ2v) is 22.7. The first-order chi connectivity index (χ1) is 46.4. The molecule has 516 valence electrons. The molecule has 3 fully saturated rings. The number of methoxy groups -OCH3 is 1. The topological polar surface area (TPSA) is 367 Å². The molecule has 0 bridgehead atoms. The fourth-order valence-corrected chi connectivity index (χ4v) is 11.8. The number of imide groups is 2. The zero-order chi connectivity index (χ0) is 69.8. The number of hydrogen-bond donors (Lipinski definition) is 0. The number of hydrogen-bond acceptors (Lipinski definition) is 28. The molecule has 9 rings (SSSR count). The first-order valence-electron chi connectivity index (χ1n) is 30.8. The lowest BCUT2D eigenvalue weighted by molar-refractivity contribution is -0.356. The van der Waals surface area contributed by atoms with E-state index in [1.54, 1.807) is 12.1 Å². The zero-order valence-corrected chi connectivity index (χ0v) is 53.5. The Hall–Kier alpha value is -9.85. The maximum absolute atomic E-state index is 15.0. The van der Waals surface area contributed by atoms with E-state index in [-0.39, 0.29) is 52.8 Å². The Kier molecular flexibility index (Phi) is 23.8. The molecular formula is C67H70N2O28.